The molecule has 0 N–H and O–H groups in total. The summed E-state index contributed by atoms with van der Waals surface area (Å²) in [5.74, 6) is -0.110. The molecule has 0 amide bonds. The van der Waals surface area contributed by atoms with Gasteiger partial charge in [0.1, 0.15) is 5.54 Å². The molecule has 3 aromatic carbocycles. The van der Waals surface area contributed by atoms with Gasteiger partial charge in [-0.25, -0.2) is 4.98 Å². The zero-order valence-electron chi connectivity index (χ0n) is 15.1. The molecule has 0 radical (unpaired) electrons. The third-order valence-electron chi connectivity index (χ3n) is 4.86. The van der Waals surface area contributed by atoms with Crippen LogP contribution < -0.4 is 0 Å². The highest BCUT2D eigenvalue weighted by atomic mass is 32.2. The molecule has 0 aliphatic heterocycles. The lowest BCUT2D eigenvalue weighted by atomic mass is 9.77. The topological polar surface area (TPSA) is 57.9 Å². The van der Waals surface area contributed by atoms with Gasteiger partial charge < -0.3 is 9.12 Å². The van der Waals surface area contributed by atoms with Crippen LogP contribution in [0.1, 0.15) is 22.4 Å². The van der Waals surface area contributed by atoms with E-state index in [1.165, 1.54) is 0 Å². The van der Waals surface area contributed by atoms with Crippen molar-refractivity contribution in [2.75, 3.05) is 0 Å². The van der Waals surface area contributed by atoms with Crippen LogP contribution in [0.4, 0.5) is 0 Å². The average molecular weight is 387 g/mol. The van der Waals surface area contributed by atoms with Crippen molar-refractivity contribution >= 4 is 11.1 Å². The monoisotopic (exact) mass is 387 g/mol. The fourth-order valence-corrected chi connectivity index (χ4v) is 4.12. The zero-order valence-corrected chi connectivity index (χ0v) is 16.0. The van der Waals surface area contributed by atoms with Crippen molar-refractivity contribution in [3.8, 4) is 0 Å². The molecule has 140 valence electrons. The van der Waals surface area contributed by atoms with Crippen LogP contribution in [-0.2, 0) is 22.4 Å². The maximum absolute atomic E-state index is 11.2. The number of hydrogen-bond acceptors (Lipinski definition) is 3. The molecule has 0 aliphatic rings. The molecule has 0 spiro atoms. The Morgan fingerprint density at radius 1 is 0.786 bits per heavy atom. The van der Waals surface area contributed by atoms with Gasteiger partial charge in [0.05, 0.1) is 17.8 Å². The van der Waals surface area contributed by atoms with Crippen molar-refractivity contribution in [2.24, 2.45) is 0 Å². The molecule has 4 aromatic rings. The van der Waals surface area contributed by atoms with E-state index < -0.39 is 16.6 Å². The first kappa shape index (κ1) is 18.3. The van der Waals surface area contributed by atoms with Crippen molar-refractivity contribution in [3.05, 3.63) is 126 Å². The second-order valence-electron chi connectivity index (χ2n) is 6.53. The predicted molar refractivity (Wildman–Crippen MR) is 109 cm³/mol. The number of hydrogen-bond donors (Lipinski definition) is 0. The summed E-state index contributed by atoms with van der Waals surface area (Å²) in [6, 6.07) is 30.6. The molecule has 0 bridgehead atoms. The second kappa shape index (κ2) is 7.92. The van der Waals surface area contributed by atoms with E-state index in [1.807, 2.05) is 65.4 Å². The van der Waals surface area contributed by atoms with Crippen molar-refractivity contribution < 1.29 is 8.76 Å². The van der Waals surface area contributed by atoms with Crippen molar-refractivity contribution in [1.82, 2.24) is 9.55 Å². The molecule has 4 rings (SSSR count). The molecule has 4 nitrogen and oxygen atoms in total. The molecule has 0 fully saturated rings. The average Bonchev–Trinajstić information content (AvgIpc) is 3.19. The Morgan fingerprint density at radius 3 is 1.61 bits per heavy atom. The summed E-state index contributed by atoms with van der Waals surface area (Å²) in [6.07, 6.45) is 3.54. The van der Waals surface area contributed by atoms with Crippen LogP contribution in [0, 0.1) is 0 Å². The van der Waals surface area contributed by atoms with Gasteiger partial charge >= 0.3 is 0 Å². The fourth-order valence-electron chi connectivity index (χ4n) is 3.73. The van der Waals surface area contributed by atoms with Crippen LogP contribution in [0.2, 0.25) is 0 Å². The predicted octanol–water partition coefficient (Wildman–Crippen LogP) is 4.10. The Bertz CT molecular complexity index is 967. The Kier molecular flexibility index (Phi) is 5.19. The molecule has 5 heteroatoms. The van der Waals surface area contributed by atoms with Gasteiger partial charge in [0, 0.05) is 6.20 Å². The lowest BCUT2D eigenvalue weighted by Crippen LogP contribution is -2.36. The standard InChI is InChI=1S/C23H20N2O2S/c26-28(27)17-22-16-25(18-24-22)23(19-10-4-1-5-11-19,20-12-6-2-7-13-20)21-14-8-3-9-15-21/h1-16,18H,17H2,(H,26,27)/p-1. The Labute approximate surface area is 166 Å². The summed E-state index contributed by atoms with van der Waals surface area (Å²) >= 11 is -2.19. The normalized spacial score (nSPS) is 12.6. The van der Waals surface area contributed by atoms with E-state index in [1.54, 1.807) is 6.33 Å². The molecular formula is C23H19N2O2S-. The highest BCUT2D eigenvalue weighted by Crippen LogP contribution is 2.40. The molecular weight excluding hydrogens is 368 g/mol. The van der Waals surface area contributed by atoms with Gasteiger partial charge in [-0.2, -0.15) is 0 Å². The molecule has 1 aromatic heterocycles. The zero-order chi connectivity index (χ0) is 19.4. The Balaban J connectivity index is 2.04. The van der Waals surface area contributed by atoms with Gasteiger partial charge in [-0.1, -0.05) is 91.0 Å². The van der Waals surface area contributed by atoms with E-state index in [0.717, 1.165) is 16.7 Å². The minimum absolute atomic E-state index is 0.110. The third kappa shape index (κ3) is 3.30. The summed E-state index contributed by atoms with van der Waals surface area (Å²) < 4.78 is 24.4. The molecule has 0 saturated heterocycles. The van der Waals surface area contributed by atoms with Crippen LogP contribution in [0.5, 0.6) is 0 Å². The highest BCUT2D eigenvalue weighted by Gasteiger charge is 2.38. The molecule has 1 heterocycles. The van der Waals surface area contributed by atoms with Crippen molar-refractivity contribution in [2.45, 2.75) is 11.3 Å². The summed E-state index contributed by atoms with van der Waals surface area (Å²) in [6.45, 7) is 0. The van der Waals surface area contributed by atoms with Crippen LogP contribution in [-0.4, -0.2) is 18.3 Å². The summed E-state index contributed by atoms with van der Waals surface area (Å²) in [4.78, 5) is 4.37. The number of aromatic nitrogens is 2. The summed E-state index contributed by atoms with van der Waals surface area (Å²) in [5.41, 5.74) is 3.05. The van der Waals surface area contributed by atoms with Gasteiger partial charge in [-0.3, -0.25) is 4.21 Å². The van der Waals surface area contributed by atoms with E-state index in [2.05, 4.69) is 41.4 Å². The maximum Gasteiger partial charge on any atom is 0.121 e. The minimum Gasteiger partial charge on any atom is -0.772 e. The first-order valence-corrected chi connectivity index (χ1v) is 10.2. The quantitative estimate of drug-likeness (QED) is 0.370. The first-order chi connectivity index (χ1) is 13.7. The highest BCUT2D eigenvalue weighted by molar-refractivity contribution is 7.78. The number of imidazole rings is 1. The van der Waals surface area contributed by atoms with Crippen LogP contribution in [0.15, 0.2) is 104 Å². The van der Waals surface area contributed by atoms with E-state index in [9.17, 15) is 8.76 Å². The fraction of sp³-hybridized carbons (Fsp3) is 0.0870. The molecule has 1 unspecified atom stereocenters. The maximum atomic E-state index is 11.2. The minimum atomic E-state index is -2.19. The van der Waals surface area contributed by atoms with Gasteiger partial charge in [-0.15, -0.1) is 0 Å². The van der Waals surface area contributed by atoms with E-state index in [4.69, 9.17) is 0 Å². The van der Waals surface area contributed by atoms with E-state index in [-0.39, 0.29) is 5.75 Å². The van der Waals surface area contributed by atoms with E-state index in [0.29, 0.717) is 5.69 Å². The molecule has 0 saturated carbocycles. The van der Waals surface area contributed by atoms with Gasteiger partial charge in [0.2, 0.25) is 0 Å². The van der Waals surface area contributed by atoms with E-state index >= 15 is 0 Å². The van der Waals surface area contributed by atoms with Crippen LogP contribution in [0.25, 0.3) is 0 Å². The lowest BCUT2D eigenvalue weighted by Gasteiger charge is -2.37. The van der Waals surface area contributed by atoms with Crippen LogP contribution >= 0.6 is 0 Å². The number of rotatable bonds is 6. The van der Waals surface area contributed by atoms with Crippen LogP contribution in [0.3, 0.4) is 0 Å². The number of benzene rings is 3. The van der Waals surface area contributed by atoms with Gasteiger partial charge in [0.25, 0.3) is 0 Å². The first-order valence-electron chi connectivity index (χ1n) is 8.97. The van der Waals surface area contributed by atoms with Crippen molar-refractivity contribution in [1.29, 1.82) is 0 Å². The second-order valence-corrected chi connectivity index (χ2v) is 7.43. The summed E-state index contributed by atoms with van der Waals surface area (Å²) in [5, 5.41) is 0. The Morgan fingerprint density at radius 2 is 1.21 bits per heavy atom. The molecule has 28 heavy (non-hydrogen) atoms. The van der Waals surface area contributed by atoms with Gasteiger partial charge in [0.15, 0.2) is 0 Å². The van der Waals surface area contributed by atoms with Gasteiger partial charge in [-0.05, 0) is 27.8 Å². The number of nitrogens with zero attached hydrogens (tertiary/aromatic N) is 2. The van der Waals surface area contributed by atoms with Crippen molar-refractivity contribution in [3.63, 3.8) is 0 Å². The molecule has 0 aliphatic carbocycles. The largest absolute Gasteiger partial charge is 0.772 e. The SMILES string of the molecule is O=S([O-])Cc1cn(C(c2ccccc2)(c2ccccc2)c2ccccc2)cn1. The lowest BCUT2D eigenvalue weighted by molar-refractivity contribution is 0.514. The smallest absolute Gasteiger partial charge is 0.121 e. The third-order valence-corrected chi connectivity index (χ3v) is 5.40. The summed E-state index contributed by atoms with van der Waals surface area (Å²) in [7, 11) is 0. The molecule has 1 atom stereocenters. The Hall–Kier alpha value is -3.02.